The molecule has 0 radical (unpaired) electrons. The molecule has 0 fully saturated rings. The highest BCUT2D eigenvalue weighted by Crippen LogP contribution is 2.56. The number of rotatable bonds is 3. The summed E-state index contributed by atoms with van der Waals surface area (Å²) in [5.41, 5.74) is 2.76. The number of quaternary nitrogens is 1. The van der Waals surface area contributed by atoms with Crippen LogP contribution in [0.15, 0.2) is 35.9 Å². The number of hydrogen-bond donors (Lipinski definition) is 0. The van der Waals surface area contributed by atoms with Crippen molar-refractivity contribution in [1.29, 1.82) is 0 Å². The van der Waals surface area contributed by atoms with Crippen molar-refractivity contribution in [2.45, 2.75) is 24.5 Å². The SMILES string of the molecule is COc1cc2c(cc1OC)[C@]13C[C@@H](OC)C=CC1=CC[N+]3([O-])CC2. The van der Waals surface area contributed by atoms with Gasteiger partial charge < -0.3 is 24.1 Å². The summed E-state index contributed by atoms with van der Waals surface area (Å²) in [5.74, 6) is 1.39. The molecule has 0 amide bonds. The van der Waals surface area contributed by atoms with Crippen molar-refractivity contribution in [3.05, 3.63) is 52.3 Å². The molecular formula is C19H23NO4. The van der Waals surface area contributed by atoms with Crippen LogP contribution in [0.1, 0.15) is 17.5 Å². The summed E-state index contributed by atoms with van der Waals surface area (Å²) >= 11 is 0. The van der Waals surface area contributed by atoms with E-state index in [4.69, 9.17) is 14.2 Å². The van der Waals surface area contributed by atoms with Crippen molar-refractivity contribution in [2.75, 3.05) is 34.4 Å². The molecule has 1 aromatic rings. The van der Waals surface area contributed by atoms with Gasteiger partial charge in [0.2, 0.25) is 0 Å². The van der Waals surface area contributed by atoms with E-state index in [1.165, 1.54) is 5.56 Å². The monoisotopic (exact) mass is 329 g/mol. The van der Waals surface area contributed by atoms with Crippen LogP contribution in [0.5, 0.6) is 11.5 Å². The lowest BCUT2D eigenvalue weighted by molar-refractivity contribution is -0.926. The van der Waals surface area contributed by atoms with Gasteiger partial charge in [-0.15, -0.1) is 0 Å². The quantitative estimate of drug-likeness (QED) is 0.632. The Kier molecular flexibility index (Phi) is 3.49. The van der Waals surface area contributed by atoms with E-state index < -0.39 is 5.54 Å². The lowest BCUT2D eigenvalue weighted by atomic mass is 9.71. The molecule has 3 aliphatic rings. The Balaban J connectivity index is 1.95. The summed E-state index contributed by atoms with van der Waals surface area (Å²) < 4.78 is 16.3. The lowest BCUT2D eigenvalue weighted by Crippen LogP contribution is -2.61. The van der Waals surface area contributed by atoms with Crippen LogP contribution in [-0.2, 0) is 16.7 Å². The maximum atomic E-state index is 13.7. The summed E-state index contributed by atoms with van der Waals surface area (Å²) in [5, 5.41) is 13.7. The van der Waals surface area contributed by atoms with Crippen LogP contribution in [0.2, 0.25) is 0 Å². The van der Waals surface area contributed by atoms with E-state index in [2.05, 4.69) is 18.2 Å². The fourth-order valence-corrected chi connectivity index (χ4v) is 4.61. The van der Waals surface area contributed by atoms with Crippen molar-refractivity contribution >= 4 is 0 Å². The van der Waals surface area contributed by atoms with Crippen LogP contribution in [0.4, 0.5) is 0 Å². The van der Waals surface area contributed by atoms with Crippen LogP contribution in [0, 0.1) is 5.21 Å². The number of ether oxygens (including phenoxy) is 3. The van der Waals surface area contributed by atoms with E-state index in [9.17, 15) is 5.21 Å². The largest absolute Gasteiger partial charge is 0.632 e. The maximum Gasteiger partial charge on any atom is 0.161 e. The number of fused-ring (bicyclic) bond motifs is 1. The zero-order valence-electron chi connectivity index (χ0n) is 14.4. The number of hydroxylamine groups is 3. The number of hydrogen-bond acceptors (Lipinski definition) is 4. The van der Waals surface area contributed by atoms with Crippen molar-refractivity contribution in [3.8, 4) is 11.5 Å². The molecule has 0 saturated heterocycles. The zero-order chi connectivity index (χ0) is 16.9. The highest BCUT2D eigenvalue weighted by molar-refractivity contribution is 5.55. The summed E-state index contributed by atoms with van der Waals surface area (Å²) in [6, 6.07) is 4.03. The van der Waals surface area contributed by atoms with Crippen molar-refractivity contribution in [3.63, 3.8) is 0 Å². The highest BCUT2D eigenvalue weighted by atomic mass is 16.6. The molecule has 24 heavy (non-hydrogen) atoms. The molecule has 128 valence electrons. The molecule has 3 atom stereocenters. The Morgan fingerprint density at radius 2 is 1.92 bits per heavy atom. The predicted molar refractivity (Wildman–Crippen MR) is 90.9 cm³/mol. The van der Waals surface area contributed by atoms with Crippen molar-refractivity contribution < 1.29 is 18.9 Å². The van der Waals surface area contributed by atoms with Gasteiger partial charge >= 0.3 is 0 Å². The Morgan fingerprint density at radius 3 is 2.62 bits per heavy atom. The molecule has 0 saturated carbocycles. The van der Waals surface area contributed by atoms with Gasteiger partial charge in [-0.25, -0.2) is 0 Å². The maximum absolute atomic E-state index is 13.7. The molecule has 0 N–H and O–H groups in total. The minimum Gasteiger partial charge on any atom is -0.632 e. The second-order valence-electron chi connectivity index (χ2n) is 6.77. The Labute approximate surface area is 142 Å². The first kappa shape index (κ1) is 15.7. The number of methoxy groups -OCH3 is 3. The normalized spacial score (nSPS) is 33.3. The topological polar surface area (TPSA) is 50.8 Å². The van der Waals surface area contributed by atoms with Crippen molar-refractivity contribution in [2.24, 2.45) is 0 Å². The minimum atomic E-state index is -0.595. The smallest absolute Gasteiger partial charge is 0.161 e. The Morgan fingerprint density at radius 1 is 1.17 bits per heavy atom. The second-order valence-corrected chi connectivity index (χ2v) is 6.77. The molecule has 5 nitrogen and oxygen atoms in total. The third kappa shape index (κ3) is 1.86. The third-order valence-corrected chi connectivity index (χ3v) is 5.87. The standard InChI is InChI=1S/C19H23NO4/c1-22-15-5-4-14-7-9-20(21)8-6-13-10-17(23-2)18(24-3)11-16(13)19(14,20)12-15/h4-5,7,10-11,15H,6,8-9,12H2,1-3H3/t15-,19-,20?/m0/s1. The first-order valence-electron chi connectivity index (χ1n) is 8.33. The average Bonchev–Trinajstić information content (AvgIpc) is 2.93. The highest BCUT2D eigenvalue weighted by Gasteiger charge is 2.57. The summed E-state index contributed by atoms with van der Waals surface area (Å²) in [7, 11) is 4.98. The molecule has 0 bridgehead atoms. The van der Waals surface area contributed by atoms with Crippen LogP contribution < -0.4 is 9.47 Å². The van der Waals surface area contributed by atoms with Gasteiger partial charge in [0, 0.05) is 31.1 Å². The van der Waals surface area contributed by atoms with E-state index in [1.54, 1.807) is 21.3 Å². The molecule has 1 aliphatic carbocycles. The fourth-order valence-electron chi connectivity index (χ4n) is 4.61. The molecule has 2 aliphatic heterocycles. The van der Waals surface area contributed by atoms with Gasteiger partial charge in [0.05, 0.1) is 33.4 Å². The first-order chi connectivity index (χ1) is 11.6. The molecule has 1 aromatic carbocycles. The molecule has 1 spiro atoms. The number of benzene rings is 1. The van der Waals surface area contributed by atoms with Gasteiger partial charge in [-0.2, -0.15) is 0 Å². The van der Waals surface area contributed by atoms with E-state index in [0.717, 1.165) is 23.3 Å². The molecule has 1 unspecified atom stereocenters. The van der Waals surface area contributed by atoms with Gasteiger partial charge in [-0.1, -0.05) is 12.2 Å². The first-order valence-corrected chi connectivity index (χ1v) is 8.33. The van der Waals surface area contributed by atoms with Gasteiger partial charge in [0.15, 0.2) is 17.0 Å². The van der Waals surface area contributed by atoms with E-state index in [-0.39, 0.29) is 10.8 Å². The summed E-state index contributed by atoms with van der Waals surface area (Å²) in [6.45, 7) is 1.09. The summed E-state index contributed by atoms with van der Waals surface area (Å²) in [4.78, 5) is 0. The molecule has 4 rings (SSSR count). The van der Waals surface area contributed by atoms with Crippen LogP contribution in [-0.4, -0.2) is 45.2 Å². The Hall–Kier alpha value is -1.82. The van der Waals surface area contributed by atoms with Gasteiger partial charge in [-0.3, -0.25) is 0 Å². The van der Waals surface area contributed by atoms with Gasteiger partial charge in [-0.05, 0) is 23.8 Å². The molecule has 5 heteroatoms. The molecule has 0 aromatic heterocycles. The van der Waals surface area contributed by atoms with Crippen LogP contribution in [0.3, 0.4) is 0 Å². The third-order valence-electron chi connectivity index (χ3n) is 5.87. The molecular weight excluding hydrogens is 306 g/mol. The fraction of sp³-hybridized carbons (Fsp3) is 0.474. The van der Waals surface area contributed by atoms with Gasteiger partial charge in [0.1, 0.15) is 0 Å². The predicted octanol–water partition coefficient (Wildman–Crippen LogP) is 2.68. The lowest BCUT2D eigenvalue weighted by Gasteiger charge is -2.58. The molecule has 2 heterocycles. The van der Waals surface area contributed by atoms with E-state index >= 15 is 0 Å². The van der Waals surface area contributed by atoms with Gasteiger partial charge in [0.25, 0.3) is 0 Å². The zero-order valence-corrected chi connectivity index (χ0v) is 14.4. The minimum absolute atomic E-state index is 0.0502. The number of nitrogens with zero attached hydrogens (tertiary/aromatic N) is 1. The van der Waals surface area contributed by atoms with E-state index in [0.29, 0.717) is 25.3 Å². The second kappa shape index (κ2) is 5.34. The van der Waals surface area contributed by atoms with Crippen LogP contribution in [0.25, 0.3) is 0 Å². The Bertz CT molecular complexity index is 741. The summed E-state index contributed by atoms with van der Waals surface area (Å²) in [6.07, 6.45) is 7.59. The van der Waals surface area contributed by atoms with Crippen molar-refractivity contribution in [1.82, 2.24) is 0 Å². The van der Waals surface area contributed by atoms with E-state index in [1.807, 2.05) is 12.1 Å². The van der Waals surface area contributed by atoms with Crippen LogP contribution >= 0.6 is 0 Å². The average molecular weight is 329 g/mol.